The van der Waals surface area contributed by atoms with Crippen molar-refractivity contribution in [3.63, 3.8) is 0 Å². The largest absolute Gasteiger partial charge is 0.417 e. The van der Waals surface area contributed by atoms with Gasteiger partial charge in [0.25, 0.3) is 0 Å². The van der Waals surface area contributed by atoms with Crippen molar-refractivity contribution in [1.29, 1.82) is 0 Å². The molecule has 1 fully saturated rings. The van der Waals surface area contributed by atoms with E-state index in [-0.39, 0.29) is 0 Å². The van der Waals surface area contributed by atoms with Crippen molar-refractivity contribution >= 4 is 8.32 Å². The van der Waals surface area contributed by atoms with E-state index in [0.29, 0.717) is 11.0 Å². The number of allylic oxidation sites excluding steroid dienone is 1. The van der Waals surface area contributed by atoms with Crippen LogP contribution in [-0.2, 0) is 4.43 Å². The second kappa shape index (κ2) is 5.70. The van der Waals surface area contributed by atoms with E-state index in [1.165, 1.54) is 25.7 Å². The van der Waals surface area contributed by atoms with Gasteiger partial charge in [0, 0.05) is 6.61 Å². The topological polar surface area (TPSA) is 9.23 Å². The molecule has 0 aromatic heterocycles. The molecule has 0 saturated heterocycles. The average molecular weight is 254 g/mol. The van der Waals surface area contributed by atoms with Crippen LogP contribution < -0.4 is 0 Å². The molecule has 2 heteroatoms. The molecular formula is C15H30OSi. The Kier molecular flexibility index (Phi) is 5.03. The Balaban J connectivity index is 2.51. The highest BCUT2D eigenvalue weighted by Gasteiger charge is 2.38. The molecule has 100 valence electrons. The molecular weight excluding hydrogens is 224 g/mol. The minimum atomic E-state index is -1.57. The predicted octanol–water partition coefficient (Wildman–Crippen LogP) is 5.00. The molecule has 1 saturated carbocycles. The highest BCUT2D eigenvalue weighted by Crippen LogP contribution is 2.38. The molecule has 0 unspecified atom stereocenters. The first-order chi connectivity index (χ1) is 7.78. The van der Waals surface area contributed by atoms with Gasteiger partial charge in [0.2, 0.25) is 0 Å². The maximum atomic E-state index is 6.36. The van der Waals surface area contributed by atoms with Crippen LogP contribution in [0, 0.1) is 11.8 Å². The van der Waals surface area contributed by atoms with E-state index in [2.05, 4.69) is 46.5 Å². The monoisotopic (exact) mass is 254 g/mol. The van der Waals surface area contributed by atoms with Crippen LogP contribution in [0.3, 0.4) is 0 Å². The van der Waals surface area contributed by atoms with Crippen LogP contribution in [0.4, 0.5) is 0 Å². The van der Waals surface area contributed by atoms with Crippen molar-refractivity contribution in [3.05, 3.63) is 12.7 Å². The minimum absolute atomic E-state index is 0.325. The molecule has 0 aromatic rings. The zero-order valence-corrected chi connectivity index (χ0v) is 13.4. The van der Waals surface area contributed by atoms with Gasteiger partial charge in [-0.3, -0.25) is 0 Å². The molecule has 0 amide bonds. The summed E-state index contributed by atoms with van der Waals surface area (Å²) in [6, 6.07) is 0. The van der Waals surface area contributed by atoms with Crippen molar-refractivity contribution in [2.75, 3.05) is 6.61 Å². The Bertz CT molecular complexity index is 252. The number of hydrogen-bond acceptors (Lipinski definition) is 1. The molecule has 0 aliphatic heterocycles. The van der Waals surface area contributed by atoms with Gasteiger partial charge < -0.3 is 4.43 Å². The smallest absolute Gasteiger partial charge is 0.191 e. The van der Waals surface area contributed by atoms with E-state index in [0.717, 1.165) is 12.5 Å². The quantitative estimate of drug-likeness (QED) is 0.507. The van der Waals surface area contributed by atoms with Crippen LogP contribution in [-0.4, -0.2) is 14.9 Å². The van der Waals surface area contributed by atoms with Crippen LogP contribution in [0.5, 0.6) is 0 Å². The summed E-state index contributed by atoms with van der Waals surface area (Å²) in [7, 11) is -1.57. The molecule has 17 heavy (non-hydrogen) atoms. The lowest BCUT2D eigenvalue weighted by Crippen LogP contribution is -2.42. The van der Waals surface area contributed by atoms with Gasteiger partial charge >= 0.3 is 0 Å². The third-order valence-corrected chi connectivity index (χ3v) is 9.24. The summed E-state index contributed by atoms with van der Waals surface area (Å²) in [6.07, 6.45) is 7.53. The summed E-state index contributed by atoms with van der Waals surface area (Å²) in [5.41, 5.74) is 0. The van der Waals surface area contributed by atoms with Gasteiger partial charge in [-0.05, 0) is 42.8 Å². The second-order valence-corrected chi connectivity index (χ2v) is 11.8. The first kappa shape index (κ1) is 15.0. The summed E-state index contributed by atoms with van der Waals surface area (Å²) in [5, 5.41) is 0.325. The van der Waals surface area contributed by atoms with Gasteiger partial charge in [0.15, 0.2) is 8.32 Å². The summed E-state index contributed by atoms with van der Waals surface area (Å²) < 4.78 is 6.36. The highest BCUT2D eigenvalue weighted by molar-refractivity contribution is 6.74. The van der Waals surface area contributed by atoms with E-state index in [9.17, 15) is 0 Å². The van der Waals surface area contributed by atoms with Crippen LogP contribution in [0.2, 0.25) is 18.1 Å². The molecule has 0 aromatic carbocycles. The van der Waals surface area contributed by atoms with Gasteiger partial charge in [-0.2, -0.15) is 0 Å². The molecule has 1 nitrogen and oxygen atoms in total. The van der Waals surface area contributed by atoms with E-state index < -0.39 is 8.32 Å². The molecule has 1 rings (SSSR count). The normalized spacial score (nSPS) is 26.9. The minimum Gasteiger partial charge on any atom is -0.417 e. The van der Waals surface area contributed by atoms with Gasteiger partial charge in [0.1, 0.15) is 0 Å². The van der Waals surface area contributed by atoms with E-state index in [1.807, 2.05) is 0 Å². The van der Waals surface area contributed by atoms with Crippen molar-refractivity contribution in [2.45, 2.75) is 64.6 Å². The molecule has 1 aliphatic carbocycles. The molecule has 1 aliphatic rings. The Morgan fingerprint density at radius 2 is 1.82 bits per heavy atom. The fourth-order valence-corrected chi connectivity index (χ4v) is 3.35. The lowest BCUT2D eigenvalue weighted by atomic mass is 9.80. The molecule has 0 spiro atoms. The van der Waals surface area contributed by atoms with Gasteiger partial charge in [-0.1, -0.05) is 39.7 Å². The maximum Gasteiger partial charge on any atom is 0.191 e. The standard InChI is InChI=1S/C15H30OSi/c1-7-13-10-8-9-11-14(13)12-16-17(5,6)15(2,3)4/h7,13-14H,1,8-12H2,2-6H3/t13-,14-/m1/s1. The predicted molar refractivity (Wildman–Crippen MR) is 78.8 cm³/mol. The van der Waals surface area contributed by atoms with E-state index in [4.69, 9.17) is 4.43 Å². The Morgan fingerprint density at radius 1 is 1.24 bits per heavy atom. The Hall–Kier alpha value is -0.0831. The van der Waals surface area contributed by atoms with Crippen molar-refractivity contribution in [3.8, 4) is 0 Å². The Morgan fingerprint density at radius 3 is 2.35 bits per heavy atom. The van der Waals surface area contributed by atoms with Crippen LogP contribution in [0.25, 0.3) is 0 Å². The maximum absolute atomic E-state index is 6.36. The van der Waals surface area contributed by atoms with Crippen molar-refractivity contribution in [2.24, 2.45) is 11.8 Å². The second-order valence-electron chi connectivity index (χ2n) is 7.02. The summed E-state index contributed by atoms with van der Waals surface area (Å²) in [6.45, 7) is 16.6. The average Bonchev–Trinajstić information content (AvgIpc) is 2.25. The summed E-state index contributed by atoms with van der Waals surface area (Å²) in [4.78, 5) is 0. The van der Waals surface area contributed by atoms with Crippen LogP contribution in [0.15, 0.2) is 12.7 Å². The van der Waals surface area contributed by atoms with Crippen LogP contribution >= 0.6 is 0 Å². The zero-order valence-electron chi connectivity index (χ0n) is 12.4. The first-order valence-corrected chi connectivity index (χ1v) is 9.95. The summed E-state index contributed by atoms with van der Waals surface area (Å²) >= 11 is 0. The lowest BCUT2D eigenvalue weighted by Gasteiger charge is -2.39. The van der Waals surface area contributed by atoms with Crippen LogP contribution in [0.1, 0.15) is 46.5 Å². The van der Waals surface area contributed by atoms with Gasteiger partial charge in [-0.15, -0.1) is 6.58 Å². The lowest BCUT2D eigenvalue weighted by molar-refractivity contribution is 0.162. The highest BCUT2D eigenvalue weighted by atomic mass is 28.4. The third kappa shape index (κ3) is 3.96. The molecule has 0 bridgehead atoms. The number of rotatable bonds is 4. The molecule has 0 heterocycles. The Labute approximate surface area is 109 Å². The first-order valence-electron chi connectivity index (χ1n) is 7.04. The van der Waals surface area contributed by atoms with Crippen molar-refractivity contribution in [1.82, 2.24) is 0 Å². The van der Waals surface area contributed by atoms with Gasteiger partial charge in [0.05, 0.1) is 0 Å². The summed E-state index contributed by atoms with van der Waals surface area (Å²) in [5.74, 6) is 1.41. The molecule has 0 radical (unpaired) electrons. The number of hydrogen-bond donors (Lipinski definition) is 0. The fourth-order valence-electron chi connectivity index (χ4n) is 2.29. The molecule has 0 N–H and O–H groups in total. The van der Waals surface area contributed by atoms with Gasteiger partial charge in [-0.25, -0.2) is 0 Å². The fraction of sp³-hybridized carbons (Fsp3) is 0.867. The van der Waals surface area contributed by atoms with E-state index in [1.54, 1.807) is 0 Å². The molecule has 2 atom stereocenters. The third-order valence-electron chi connectivity index (χ3n) is 4.74. The SMILES string of the molecule is C=C[C@@H]1CCCC[C@@H]1CO[Si](C)(C)C(C)(C)C. The zero-order chi connectivity index (χ0) is 13.1. The van der Waals surface area contributed by atoms with Crippen molar-refractivity contribution < 1.29 is 4.43 Å². The van der Waals surface area contributed by atoms with E-state index >= 15 is 0 Å².